The molecular formula is C24H34F3N5O4. The summed E-state index contributed by atoms with van der Waals surface area (Å²) in [7, 11) is 0. The molecule has 1 saturated carbocycles. The van der Waals surface area contributed by atoms with Crippen molar-refractivity contribution in [2.45, 2.75) is 52.3 Å². The van der Waals surface area contributed by atoms with Crippen LogP contribution < -0.4 is 16.2 Å². The maximum Gasteiger partial charge on any atom is 0.433 e. The predicted molar refractivity (Wildman–Crippen MR) is 133 cm³/mol. The Hall–Kier alpha value is -3.12. The molecule has 1 aliphatic carbocycles. The second kappa shape index (κ2) is 13.8. The fourth-order valence-electron chi connectivity index (χ4n) is 3.77. The molecule has 0 bridgehead atoms. The Labute approximate surface area is 207 Å². The van der Waals surface area contributed by atoms with Gasteiger partial charge in [0.1, 0.15) is 22.8 Å². The van der Waals surface area contributed by atoms with Crippen LogP contribution in [-0.2, 0) is 10.9 Å². The average molecular weight is 514 g/mol. The Morgan fingerprint density at radius 3 is 2.72 bits per heavy atom. The van der Waals surface area contributed by atoms with Crippen molar-refractivity contribution >= 4 is 23.6 Å². The van der Waals surface area contributed by atoms with E-state index in [0.717, 1.165) is 31.2 Å². The van der Waals surface area contributed by atoms with Crippen molar-refractivity contribution in [2.24, 2.45) is 5.92 Å². The van der Waals surface area contributed by atoms with Crippen molar-refractivity contribution in [3.05, 3.63) is 45.5 Å². The predicted octanol–water partition coefficient (Wildman–Crippen LogP) is 4.29. The smallest absolute Gasteiger partial charge is 0.433 e. The quantitative estimate of drug-likeness (QED) is 0.235. The zero-order valence-corrected chi connectivity index (χ0v) is 20.7. The molecule has 2 unspecified atom stereocenters. The minimum Gasteiger partial charge on any atom is -0.507 e. The number of ether oxygens (including phenoxy) is 1. The van der Waals surface area contributed by atoms with E-state index in [-0.39, 0.29) is 41.5 Å². The van der Waals surface area contributed by atoms with E-state index in [0.29, 0.717) is 26.2 Å². The molecule has 36 heavy (non-hydrogen) atoms. The van der Waals surface area contributed by atoms with Gasteiger partial charge in [-0.2, -0.15) is 18.2 Å². The van der Waals surface area contributed by atoms with Gasteiger partial charge >= 0.3 is 6.18 Å². The van der Waals surface area contributed by atoms with Gasteiger partial charge in [-0.15, -0.1) is 0 Å². The molecule has 0 aromatic carbocycles. The normalized spacial score (nSPS) is 17.9. The molecule has 1 aliphatic rings. The second-order valence-corrected chi connectivity index (χ2v) is 7.97. The van der Waals surface area contributed by atoms with Gasteiger partial charge in [0.2, 0.25) is 5.95 Å². The van der Waals surface area contributed by atoms with E-state index in [1.807, 2.05) is 20.8 Å². The molecule has 5 N–H and O–H groups in total. The van der Waals surface area contributed by atoms with Crippen molar-refractivity contribution in [1.29, 1.82) is 0 Å². The summed E-state index contributed by atoms with van der Waals surface area (Å²) >= 11 is 0. The molecule has 0 radical (unpaired) electrons. The van der Waals surface area contributed by atoms with Crippen molar-refractivity contribution < 1.29 is 28.1 Å². The lowest BCUT2D eigenvalue weighted by Crippen LogP contribution is -2.25. The molecular weight excluding hydrogens is 479 g/mol. The van der Waals surface area contributed by atoms with Crippen LogP contribution in [0.3, 0.4) is 0 Å². The van der Waals surface area contributed by atoms with Crippen LogP contribution in [0.1, 0.15) is 56.9 Å². The lowest BCUT2D eigenvalue weighted by molar-refractivity contribution is -0.141. The summed E-state index contributed by atoms with van der Waals surface area (Å²) in [6, 6.07) is 1.97. The number of hydrogen-bond acceptors (Lipinski definition) is 8. The Kier molecular flexibility index (Phi) is 11.2. The summed E-state index contributed by atoms with van der Waals surface area (Å²) in [5.74, 6) is -0.185. The summed E-state index contributed by atoms with van der Waals surface area (Å²) in [4.78, 5) is 23.1. The lowest BCUT2D eigenvalue weighted by atomic mass is 10.1. The fourth-order valence-corrected chi connectivity index (χ4v) is 3.77. The summed E-state index contributed by atoms with van der Waals surface area (Å²) in [5.41, 5.74) is -1.97. The first-order chi connectivity index (χ1) is 17.2. The first-order valence-corrected chi connectivity index (χ1v) is 12.0. The molecule has 0 spiro atoms. The molecule has 0 saturated heterocycles. The van der Waals surface area contributed by atoms with E-state index in [1.165, 1.54) is 6.07 Å². The highest BCUT2D eigenvalue weighted by atomic mass is 19.4. The van der Waals surface area contributed by atoms with E-state index in [2.05, 4.69) is 25.6 Å². The highest BCUT2D eigenvalue weighted by Gasteiger charge is 2.32. The third kappa shape index (κ3) is 8.23. The van der Waals surface area contributed by atoms with Gasteiger partial charge in [-0.1, -0.05) is 13.8 Å². The Balaban J connectivity index is 0.00000222. The third-order valence-electron chi connectivity index (χ3n) is 5.44. The summed E-state index contributed by atoms with van der Waals surface area (Å²) < 4.78 is 44.2. The molecule has 2 aromatic heterocycles. The zero-order chi connectivity index (χ0) is 26.7. The number of anilines is 2. The second-order valence-electron chi connectivity index (χ2n) is 7.97. The van der Waals surface area contributed by atoms with E-state index < -0.39 is 23.2 Å². The van der Waals surface area contributed by atoms with E-state index in [4.69, 9.17) is 4.74 Å². The number of H-pyrrole nitrogens is 1. The number of nitrogens with one attached hydrogen (secondary N) is 3. The van der Waals surface area contributed by atoms with E-state index in [1.54, 1.807) is 0 Å². The number of aliphatic hydroxyl groups is 2. The molecule has 3 rings (SSSR count). The van der Waals surface area contributed by atoms with Crippen molar-refractivity contribution in [3.8, 4) is 0 Å². The molecule has 1 fully saturated rings. The summed E-state index contributed by atoms with van der Waals surface area (Å²) in [5, 5.41) is 26.2. The van der Waals surface area contributed by atoms with Crippen molar-refractivity contribution in [1.82, 2.24) is 15.0 Å². The number of aromatic amines is 1. The maximum atomic E-state index is 13.0. The van der Waals surface area contributed by atoms with Crippen LogP contribution in [0.4, 0.5) is 24.9 Å². The average Bonchev–Trinajstić information content (AvgIpc) is 3.30. The maximum absolute atomic E-state index is 13.0. The zero-order valence-electron chi connectivity index (χ0n) is 20.7. The molecule has 0 aliphatic heterocycles. The van der Waals surface area contributed by atoms with Crippen LogP contribution >= 0.6 is 0 Å². The van der Waals surface area contributed by atoms with Gasteiger partial charge < -0.3 is 25.6 Å². The number of rotatable bonds is 10. The number of pyridine rings is 1. The largest absolute Gasteiger partial charge is 0.507 e. The molecule has 2 heterocycles. The molecule has 200 valence electrons. The summed E-state index contributed by atoms with van der Waals surface area (Å²) in [6.45, 7) is 7.21. The van der Waals surface area contributed by atoms with Crippen LogP contribution in [0.25, 0.3) is 11.8 Å². The molecule has 12 heteroatoms. The van der Waals surface area contributed by atoms with Gasteiger partial charge in [-0.05, 0) is 55.9 Å². The number of hydrogen-bond donors (Lipinski definition) is 5. The van der Waals surface area contributed by atoms with Crippen LogP contribution in [0.15, 0.2) is 23.1 Å². The van der Waals surface area contributed by atoms with Crippen LogP contribution in [0, 0.1) is 5.92 Å². The SMILES string of the molecule is CC.CCOCCNc1nc(NC2CCC(CO)C2)c(/C(O)=C/c2ccnc(C(F)(F)F)c2)c(=O)[nH]1. The van der Waals surface area contributed by atoms with Crippen LogP contribution in [0.2, 0.25) is 0 Å². The standard InChI is InChI=1S/C22H28F3N5O4.C2H6/c1-2-34-8-7-27-21-29-19(28-15-4-3-14(9-15)12-31)18(20(33)30-21)16(32)10-13-5-6-26-17(11-13)22(23,24)25;1-2/h5-6,10-11,14-15,31-32H,2-4,7-9,12H2,1H3,(H3,27,28,29,30,33);1-2H3/b16-10-;. The molecule has 9 nitrogen and oxygen atoms in total. The first-order valence-electron chi connectivity index (χ1n) is 12.0. The fraction of sp³-hybridized carbons (Fsp3) is 0.542. The minimum atomic E-state index is -4.65. The highest BCUT2D eigenvalue weighted by Crippen LogP contribution is 2.30. The summed E-state index contributed by atoms with van der Waals surface area (Å²) in [6.07, 6.45) is -0.432. The monoisotopic (exact) mass is 513 g/mol. The minimum absolute atomic E-state index is 0.0188. The topological polar surface area (TPSA) is 132 Å². The molecule has 2 aromatic rings. The lowest BCUT2D eigenvalue weighted by Gasteiger charge is -2.17. The Morgan fingerprint density at radius 1 is 1.33 bits per heavy atom. The van der Waals surface area contributed by atoms with Gasteiger partial charge in [0.05, 0.1) is 6.61 Å². The number of halogens is 3. The van der Waals surface area contributed by atoms with Crippen molar-refractivity contribution in [3.63, 3.8) is 0 Å². The third-order valence-corrected chi connectivity index (χ3v) is 5.44. The van der Waals surface area contributed by atoms with E-state index in [9.17, 15) is 28.2 Å². The van der Waals surface area contributed by atoms with Gasteiger partial charge in [0, 0.05) is 32.0 Å². The Bertz CT molecular complexity index is 1060. The van der Waals surface area contributed by atoms with Crippen LogP contribution in [0.5, 0.6) is 0 Å². The Morgan fingerprint density at radius 2 is 2.08 bits per heavy atom. The van der Waals surface area contributed by atoms with Crippen LogP contribution in [-0.4, -0.2) is 57.6 Å². The number of nitrogens with zero attached hydrogens (tertiary/aromatic N) is 2. The highest BCUT2D eigenvalue weighted by molar-refractivity contribution is 5.81. The number of aliphatic hydroxyl groups excluding tert-OH is 2. The number of aromatic nitrogens is 3. The van der Waals surface area contributed by atoms with E-state index >= 15 is 0 Å². The first kappa shape index (κ1) is 29.1. The van der Waals surface area contributed by atoms with Gasteiger partial charge in [-0.25, -0.2) is 0 Å². The molecule has 2 atom stereocenters. The van der Waals surface area contributed by atoms with Gasteiger partial charge in [0.15, 0.2) is 0 Å². The van der Waals surface area contributed by atoms with Gasteiger partial charge in [0.25, 0.3) is 5.56 Å². The number of alkyl halides is 3. The van der Waals surface area contributed by atoms with Gasteiger partial charge in [-0.3, -0.25) is 14.8 Å². The van der Waals surface area contributed by atoms with Crippen molar-refractivity contribution in [2.75, 3.05) is 37.0 Å². The molecule has 0 amide bonds.